The number of pyridine rings is 1. The first-order chi connectivity index (χ1) is 14.6. The molecule has 0 saturated carbocycles. The van der Waals surface area contributed by atoms with Crippen LogP contribution in [0.5, 0.6) is 0 Å². The van der Waals surface area contributed by atoms with Crippen LogP contribution in [0, 0.1) is 13.8 Å². The summed E-state index contributed by atoms with van der Waals surface area (Å²) in [5.41, 5.74) is 7.35. The van der Waals surface area contributed by atoms with E-state index >= 15 is 0 Å². The number of carbonyl (C=O) groups excluding carboxylic acids is 1. The molecule has 0 spiro atoms. The number of nitrogens with zero attached hydrogens (tertiary/aromatic N) is 4. The zero-order chi connectivity index (χ0) is 20.7. The summed E-state index contributed by atoms with van der Waals surface area (Å²) in [6, 6.07) is 15.5. The first kappa shape index (κ1) is 18.8. The van der Waals surface area contributed by atoms with E-state index in [4.69, 9.17) is 4.98 Å². The van der Waals surface area contributed by atoms with Gasteiger partial charge in [0.2, 0.25) is 0 Å². The van der Waals surface area contributed by atoms with Crippen LogP contribution in [0.1, 0.15) is 27.2 Å². The third-order valence-electron chi connectivity index (χ3n) is 5.03. The molecule has 2 aromatic carbocycles. The molecular weight excluding hydrogens is 412 g/mol. The van der Waals surface area contributed by atoms with Gasteiger partial charge in [-0.05, 0) is 55.3 Å². The Kier molecular flexibility index (Phi) is 4.77. The van der Waals surface area contributed by atoms with Crippen molar-refractivity contribution in [3.8, 4) is 0 Å². The van der Waals surface area contributed by atoms with E-state index in [0.29, 0.717) is 17.2 Å². The minimum atomic E-state index is -0.0923. The zero-order valence-electron chi connectivity index (χ0n) is 16.5. The Morgan fingerprint density at radius 3 is 2.70 bits per heavy atom. The standard InChI is InChI=1S/C23H18N4OS2/c1-14-6-7-15(2)21-20(14)26-23(30-21)27(12-17-5-3-4-10-24-17)22(28)16-8-9-18-19(11-16)29-13-25-18/h3-11,13H,12H2,1-2H3. The van der Waals surface area contributed by atoms with Gasteiger partial charge < -0.3 is 0 Å². The average molecular weight is 431 g/mol. The van der Waals surface area contributed by atoms with Crippen LogP contribution in [0.4, 0.5) is 5.13 Å². The first-order valence-corrected chi connectivity index (χ1v) is 11.2. The van der Waals surface area contributed by atoms with Crippen LogP contribution < -0.4 is 4.90 Å². The summed E-state index contributed by atoms with van der Waals surface area (Å²) < 4.78 is 2.11. The Bertz CT molecular complexity index is 1340. The molecule has 0 atom stereocenters. The smallest absolute Gasteiger partial charge is 0.260 e. The minimum Gasteiger partial charge on any atom is -0.278 e. The topological polar surface area (TPSA) is 59.0 Å². The number of hydrogen-bond donors (Lipinski definition) is 0. The van der Waals surface area contributed by atoms with Crippen molar-refractivity contribution in [2.24, 2.45) is 0 Å². The van der Waals surface area contributed by atoms with Gasteiger partial charge in [-0.3, -0.25) is 14.7 Å². The average Bonchev–Trinajstić information content (AvgIpc) is 3.42. The Hall–Kier alpha value is -3.16. The van der Waals surface area contributed by atoms with Gasteiger partial charge in [-0.15, -0.1) is 11.3 Å². The van der Waals surface area contributed by atoms with Crippen LogP contribution in [0.25, 0.3) is 20.4 Å². The maximum Gasteiger partial charge on any atom is 0.260 e. The number of anilines is 1. The summed E-state index contributed by atoms with van der Waals surface area (Å²) in [6.07, 6.45) is 1.74. The van der Waals surface area contributed by atoms with E-state index in [1.807, 2.05) is 43.3 Å². The summed E-state index contributed by atoms with van der Waals surface area (Å²) in [5.74, 6) is -0.0923. The summed E-state index contributed by atoms with van der Waals surface area (Å²) in [5, 5.41) is 0.683. The van der Waals surface area contributed by atoms with E-state index in [1.165, 1.54) is 11.3 Å². The van der Waals surface area contributed by atoms with E-state index in [1.54, 1.807) is 27.9 Å². The van der Waals surface area contributed by atoms with Gasteiger partial charge in [-0.2, -0.15) is 0 Å². The molecule has 0 fully saturated rings. The highest BCUT2D eigenvalue weighted by atomic mass is 32.1. The largest absolute Gasteiger partial charge is 0.278 e. The molecule has 5 rings (SSSR count). The van der Waals surface area contributed by atoms with Gasteiger partial charge in [-0.25, -0.2) is 9.97 Å². The van der Waals surface area contributed by atoms with E-state index in [-0.39, 0.29) is 5.91 Å². The van der Waals surface area contributed by atoms with Crippen LogP contribution in [0.2, 0.25) is 0 Å². The normalized spacial score (nSPS) is 11.3. The van der Waals surface area contributed by atoms with Crippen molar-refractivity contribution in [1.29, 1.82) is 0 Å². The van der Waals surface area contributed by atoms with Crippen LogP contribution in [0.3, 0.4) is 0 Å². The molecule has 1 amide bonds. The van der Waals surface area contributed by atoms with Crippen LogP contribution in [0.15, 0.2) is 60.2 Å². The van der Waals surface area contributed by atoms with Crippen molar-refractivity contribution in [2.45, 2.75) is 20.4 Å². The highest BCUT2D eigenvalue weighted by molar-refractivity contribution is 7.22. The number of carbonyl (C=O) groups is 1. The van der Waals surface area contributed by atoms with Crippen LogP contribution in [-0.4, -0.2) is 20.9 Å². The second-order valence-corrected chi connectivity index (χ2v) is 8.98. The molecule has 0 radical (unpaired) electrons. The molecule has 3 heterocycles. The fraction of sp³-hybridized carbons (Fsp3) is 0.130. The fourth-order valence-corrected chi connectivity index (χ4v) is 5.21. The third kappa shape index (κ3) is 3.36. The van der Waals surface area contributed by atoms with Gasteiger partial charge >= 0.3 is 0 Å². The van der Waals surface area contributed by atoms with Crippen molar-refractivity contribution in [3.63, 3.8) is 0 Å². The highest BCUT2D eigenvalue weighted by Crippen LogP contribution is 2.34. The number of hydrogen-bond acceptors (Lipinski definition) is 6. The Morgan fingerprint density at radius 1 is 1.03 bits per heavy atom. The van der Waals surface area contributed by atoms with Crippen molar-refractivity contribution in [3.05, 3.63) is 82.6 Å². The van der Waals surface area contributed by atoms with Crippen LogP contribution in [-0.2, 0) is 6.54 Å². The lowest BCUT2D eigenvalue weighted by molar-refractivity contribution is 0.0985. The third-order valence-corrected chi connectivity index (χ3v) is 7.04. The molecule has 30 heavy (non-hydrogen) atoms. The molecule has 5 nitrogen and oxygen atoms in total. The minimum absolute atomic E-state index is 0.0923. The molecule has 0 saturated heterocycles. The molecule has 148 valence electrons. The molecule has 0 aliphatic rings. The molecule has 0 bridgehead atoms. The number of rotatable bonds is 4. The van der Waals surface area contributed by atoms with Gasteiger partial charge in [0.25, 0.3) is 5.91 Å². The summed E-state index contributed by atoms with van der Waals surface area (Å²) in [6.45, 7) is 4.48. The second-order valence-electron chi connectivity index (χ2n) is 7.12. The maximum absolute atomic E-state index is 13.6. The quantitative estimate of drug-likeness (QED) is 0.363. The van der Waals surface area contributed by atoms with Crippen molar-refractivity contribution >= 4 is 54.1 Å². The van der Waals surface area contributed by atoms with E-state index in [2.05, 4.69) is 29.0 Å². The monoisotopic (exact) mass is 430 g/mol. The molecule has 7 heteroatoms. The van der Waals surface area contributed by atoms with Crippen molar-refractivity contribution in [2.75, 3.05) is 4.90 Å². The predicted molar refractivity (Wildman–Crippen MR) is 123 cm³/mol. The van der Waals surface area contributed by atoms with Gasteiger partial charge in [-0.1, -0.05) is 29.5 Å². The zero-order valence-corrected chi connectivity index (χ0v) is 18.1. The highest BCUT2D eigenvalue weighted by Gasteiger charge is 2.23. The molecule has 0 N–H and O–H groups in total. The number of aryl methyl sites for hydroxylation is 2. The van der Waals surface area contributed by atoms with Gasteiger partial charge in [0.05, 0.1) is 38.2 Å². The molecule has 5 aromatic rings. The predicted octanol–water partition coefficient (Wildman–Crippen LogP) is 5.76. The van der Waals surface area contributed by atoms with Crippen molar-refractivity contribution < 1.29 is 4.79 Å². The second kappa shape index (κ2) is 7.59. The molecule has 0 aliphatic carbocycles. The summed E-state index contributed by atoms with van der Waals surface area (Å²) in [4.78, 5) is 28.9. The number of aromatic nitrogens is 3. The number of benzene rings is 2. The van der Waals surface area contributed by atoms with E-state index in [9.17, 15) is 4.79 Å². The SMILES string of the molecule is Cc1ccc(C)c2sc(N(Cc3ccccn3)C(=O)c3ccc4ncsc4c3)nc12. The molecule has 0 aliphatic heterocycles. The van der Waals surface area contributed by atoms with Gasteiger partial charge in [0.15, 0.2) is 5.13 Å². The van der Waals surface area contributed by atoms with E-state index in [0.717, 1.165) is 37.3 Å². The summed E-state index contributed by atoms with van der Waals surface area (Å²) >= 11 is 3.08. The van der Waals surface area contributed by atoms with Gasteiger partial charge in [0, 0.05) is 11.8 Å². The Morgan fingerprint density at radius 2 is 1.90 bits per heavy atom. The molecule has 3 aromatic heterocycles. The maximum atomic E-state index is 13.6. The number of fused-ring (bicyclic) bond motifs is 2. The number of amides is 1. The van der Waals surface area contributed by atoms with Crippen LogP contribution >= 0.6 is 22.7 Å². The van der Waals surface area contributed by atoms with Crippen molar-refractivity contribution in [1.82, 2.24) is 15.0 Å². The lowest BCUT2D eigenvalue weighted by Crippen LogP contribution is -2.30. The lowest BCUT2D eigenvalue weighted by Gasteiger charge is -2.19. The Labute approximate surface area is 181 Å². The van der Waals surface area contributed by atoms with E-state index < -0.39 is 0 Å². The molecule has 0 unspecified atom stereocenters. The number of thiazole rings is 2. The summed E-state index contributed by atoms with van der Waals surface area (Å²) in [7, 11) is 0. The lowest BCUT2D eigenvalue weighted by atomic mass is 10.1. The fourth-order valence-electron chi connectivity index (χ4n) is 3.39. The van der Waals surface area contributed by atoms with Gasteiger partial charge in [0.1, 0.15) is 0 Å². The molecular formula is C23H18N4OS2. The Balaban J connectivity index is 1.62. The first-order valence-electron chi connectivity index (χ1n) is 9.52.